The second kappa shape index (κ2) is 3.57. The average Bonchev–Trinajstić information content (AvgIpc) is 2.71. The molecule has 0 radical (unpaired) electrons. The highest BCUT2D eigenvalue weighted by Crippen LogP contribution is 2.33. The van der Waals surface area contributed by atoms with E-state index in [2.05, 4.69) is 11.4 Å². The second-order valence-electron chi connectivity index (χ2n) is 4.86. The molecule has 86 valence electrons. The molecule has 1 aromatic heterocycles. The number of hydrogen-bond donors (Lipinski definition) is 1. The Kier molecular flexibility index (Phi) is 2.30. The number of nitrogens with two attached hydrogens (primary N) is 1. The zero-order chi connectivity index (χ0) is 11.2. The average molecular weight is 236 g/mol. The fourth-order valence-corrected chi connectivity index (χ4v) is 3.40. The number of amides is 1. The number of rotatable bonds is 1. The van der Waals surface area contributed by atoms with Crippen LogP contribution in [0.25, 0.3) is 0 Å². The summed E-state index contributed by atoms with van der Waals surface area (Å²) < 4.78 is 0. The molecule has 3 nitrogen and oxygen atoms in total. The molecule has 4 heteroatoms. The number of carbonyl (C=O) groups excluding carboxylic acids is 1. The van der Waals surface area contributed by atoms with Crippen LogP contribution in [0.15, 0.2) is 11.4 Å². The third-order valence-electron chi connectivity index (χ3n) is 3.77. The van der Waals surface area contributed by atoms with Gasteiger partial charge in [0.25, 0.3) is 0 Å². The minimum absolute atomic E-state index is 0.163. The highest BCUT2D eigenvalue weighted by atomic mass is 32.1. The summed E-state index contributed by atoms with van der Waals surface area (Å²) in [5.74, 6) is 0.163. The van der Waals surface area contributed by atoms with Crippen molar-refractivity contribution in [2.75, 3.05) is 6.54 Å². The molecule has 0 aromatic carbocycles. The van der Waals surface area contributed by atoms with Crippen LogP contribution in [0.3, 0.4) is 0 Å². The summed E-state index contributed by atoms with van der Waals surface area (Å²) in [6.07, 6.45) is 3.81. The maximum Gasteiger partial charge on any atom is 0.242 e. The van der Waals surface area contributed by atoms with Crippen LogP contribution in [-0.2, 0) is 17.8 Å². The van der Waals surface area contributed by atoms with Gasteiger partial charge in [-0.25, -0.2) is 0 Å². The first-order valence-corrected chi connectivity index (χ1v) is 6.70. The molecule has 2 heterocycles. The van der Waals surface area contributed by atoms with Crippen molar-refractivity contribution >= 4 is 17.2 Å². The van der Waals surface area contributed by atoms with Gasteiger partial charge in [-0.15, -0.1) is 11.3 Å². The smallest absolute Gasteiger partial charge is 0.242 e. The van der Waals surface area contributed by atoms with E-state index in [4.69, 9.17) is 5.73 Å². The first-order chi connectivity index (χ1) is 7.69. The highest BCUT2D eigenvalue weighted by molar-refractivity contribution is 7.10. The third-order valence-corrected chi connectivity index (χ3v) is 4.79. The van der Waals surface area contributed by atoms with Crippen molar-refractivity contribution in [1.29, 1.82) is 0 Å². The molecule has 1 aliphatic heterocycles. The van der Waals surface area contributed by atoms with Crippen molar-refractivity contribution in [3.63, 3.8) is 0 Å². The molecule has 0 spiro atoms. The predicted molar refractivity (Wildman–Crippen MR) is 64.2 cm³/mol. The molecule has 0 unspecified atom stereocenters. The normalized spacial score (nSPS) is 22.4. The minimum atomic E-state index is -0.534. The number of hydrogen-bond acceptors (Lipinski definition) is 3. The number of thiophene rings is 1. The van der Waals surface area contributed by atoms with Crippen LogP contribution in [-0.4, -0.2) is 22.9 Å². The van der Waals surface area contributed by atoms with Crippen LogP contribution >= 0.6 is 11.3 Å². The Balaban J connectivity index is 1.76. The molecule has 1 amide bonds. The van der Waals surface area contributed by atoms with Gasteiger partial charge in [-0.3, -0.25) is 4.79 Å². The highest BCUT2D eigenvalue weighted by Gasteiger charge is 2.43. The zero-order valence-corrected chi connectivity index (χ0v) is 10.1. The van der Waals surface area contributed by atoms with E-state index < -0.39 is 5.54 Å². The molecule has 0 bridgehead atoms. The van der Waals surface area contributed by atoms with E-state index in [1.165, 1.54) is 10.4 Å². The molecule has 1 aromatic rings. The second-order valence-corrected chi connectivity index (χ2v) is 5.86. The largest absolute Gasteiger partial charge is 0.336 e. The van der Waals surface area contributed by atoms with Crippen LogP contribution in [0.2, 0.25) is 0 Å². The molecule has 0 saturated heterocycles. The summed E-state index contributed by atoms with van der Waals surface area (Å²) in [5, 5.41) is 2.11. The van der Waals surface area contributed by atoms with E-state index in [-0.39, 0.29) is 5.91 Å². The molecule has 3 rings (SSSR count). The molecule has 1 aliphatic carbocycles. The lowest BCUT2D eigenvalue weighted by Crippen LogP contribution is -2.60. The van der Waals surface area contributed by atoms with E-state index in [0.29, 0.717) is 0 Å². The van der Waals surface area contributed by atoms with Gasteiger partial charge in [-0.2, -0.15) is 0 Å². The molecule has 2 N–H and O–H groups in total. The molecule has 1 saturated carbocycles. The van der Waals surface area contributed by atoms with Crippen LogP contribution in [0.5, 0.6) is 0 Å². The van der Waals surface area contributed by atoms with Gasteiger partial charge in [-0.05, 0) is 42.7 Å². The van der Waals surface area contributed by atoms with Crippen molar-refractivity contribution < 1.29 is 4.79 Å². The van der Waals surface area contributed by atoms with Gasteiger partial charge < -0.3 is 10.6 Å². The number of nitrogens with zero attached hydrogens (tertiary/aromatic N) is 1. The zero-order valence-electron chi connectivity index (χ0n) is 9.24. The summed E-state index contributed by atoms with van der Waals surface area (Å²) in [4.78, 5) is 15.6. The Morgan fingerprint density at radius 2 is 2.31 bits per heavy atom. The monoisotopic (exact) mass is 236 g/mol. The lowest BCUT2D eigenvalue weighted by molar-refractivity contribution is -0.141. The lowest BCUT2D eigenvalue weighted by Gasteiger charge is -2.41. The number of carbonyl (C=O) groups is 1. The topological polar surface area (TPSA) is 46.3 Å². The quantitative estimate of drug-likeness (QED) is 0.803. The minimum Gasteiger partial charge on any atom is -0.336 e. The maximum atomic E-state index is 12.2. The summed E-state index contributed by atoms with van der Waals surface area (Å²) in [6, 6.07) is 2.13. The van der Waals surface area contributed by atoms with Gasteiger partial charge in [0.15, 0.2) is 0 Å². The standard InChI is InChI=1S/C12H16N2OS/c13-12(4-1-5-12)11(15)14-6-2-10-9(8-14)3-7-16-10/h3,7H,1-2,4-6,8,13H2. The summed E-state index contributed by atoms with van der Waals surface area (Å²) in [5.41, 5.74) is 6.86. The Morgan fingerprint density at radius 1 is 1.50 bits per heavy atom. The fraction of sp³-hybridized carbons (Fsp3) is 0.583. The van der Waals surface area contributed by atoms with Gasteiger partial charge in [0, 0.05) is 18.0 Å². The van der Waals surface area contributed by atoms with Gasteiger partial charge in [-0.1, -0.05) is 0 Å². The fourth-order valence-electron chi connectivity index (χ4n) is 2.51. The Labute approximate surface area is 99.2 Å². The summed E-state index contributed by atoms with van der Waals surface area (Å²) in [6.45, 7) is 1.60. The van der Waals surface area contributed by atoms with Crippen LogP contribution < -0.4 is 5.73 Å². The van der Waals surface area contributed by atoms with Gasteiger partial charge in [0.1, 0.15) is 0 Å². The molecule has 2 aliphatic rings. The third kappa shape index (κ3) is 1.48. The van der Waals surface area contributed by atoms with Crippen LogP contribution in [0.1, 0.15) is 29.7 Å². The number of fused-ring (bicyclic) bond motifs is 1. The first kappa shape index (κ1) is 10.3. The molecule has 0 atom stereocenters. The SMILES string of the molecule is NC1(C(=O)N2CCc3sccc3C2)CCC1. The van der Waals surface area contributed by atoms with Crippen molar-refractivity contribution in [2.24, 2.45) is 5.73 Å². The molecular weight excluding hydrogens is 220 g/mol. The van der Waals surface area contributed by atoms with E-state index in [9.17, 15) is 4.79 Å². The summed E-state index contributed by atoms with van der Waals surface area (Å²) >= 11 is 1.80. The van der Waals surface area contributed by atoms with Crippen LogP contribution in [0.4, 0.5) is 0 Å². The van der Waals surface area contributed by atoms with E-state index in [1.54, 1.807) is 11.3 Å². The van der Waals surface area contributed by atoms with E-state index in [0.717, 1.165) is 38.8 Å². The summed E-state index contributed by atoms with van der Waals surface area (Å²) in [7, 11) is 0. The van der Waals surface area contributed by atoms with Gasteiger partial charge in [0.2, 0.25) is 5.91 Å². The maximum absolute atomic E-state index is 12.2. The van der Waals surface area contributed by atoms with Crippen molar-refractivity contribution in [1.82, 2.24) is 4.90 Å². The predicted octanol–water partition coefficient (Wildman–Crippen LogP) is 1.51. The molecule has 1 fully saturated rings. The molecular formula is C12H16N2OS. The van der Waals surface area contributed by atoms with Crippen molar-refractivity contribution in [2.45, 2.75) is 37.8 Å². The van der Waals surface area contributed by atoms with Crippen molar-refractivity contribution in [3.05, 3.63) is 21.9 Å². The lowest BCUT2D eigenvalue weighted by atomic mass is 9.76. The first-order valence-electron chi connectivity index (χ1n) is 5.82. The Hall–Kier alpha value is -0.870. The van der Waals surface area contributed by atoms with Gasteiger partial charge >= 0.3 is 0 Å². The molecule has 16 heavy (non-hydrogen) atoms. The van der Waals surface area contributed by atoms with E-state index in [1.807, 2.05) is 4.90 Å². The van der Waals surface area contributed by atoms with Gasteiger partial charge in [0.05, 0.1) is 5.54 Å². The Bertz CT molecular complexity index is 422. The van der Waals surface area contributed by atoms with Crippen molar-refractivity contribution in [3.8, 4) is 0 Å². The Morgan fingerprint density at radius 3 is 3.00 bits per heavy atom. The van der Waals surface area contributed by atoms with Crippen LogP contribution in [0, 0.1) is 0 Å². The van der Waals surface area contributed by atoms with E-state index >= 15 is 0 Å².